The molecule has 0 radical (unpaired) electrons. The van der Waals surface area contributed by atoms with E-state index in [1.807, 2.05) is 19.1 Å². The lowest BCUT2D eigenvalue weighted by molar-refractivity contribution is -0.116. The van der Waals surface area contributed by atoms with Crippen molar-refractivity contribution in [2.45, 2.75) is 39.5 Å². The van der Waals surface area contributed by atoms with Crippen molar-refractivity contribution in [1.29, 1.82) is 0 Å². The fraction of sp³-hybridized carbons (Fsp3) is 0.375. The molecule has 24 heavy (non-hydrogen) atoms. The second-order valence-electron chi connectivity index (χ2n) is 5.86. The highest BCUT2D eigenvalue weighted by Crippen LogP contribution is 2.23. The van der Waals surface area contributed by atoms with Crippen molar-refractivity contribution >= 4 is 39.5 Å². The summed E-state index contributed by atoms with van der Waals surface area (Å²) in [6.45, 7) is 5.99. The van der Waals surface area contributed by atoms with Crippen molar-refractivity contribution in [2.75, 3.05) is 5.32 Å². The molecule has 1 amide bonds. The van der Waals surface area contributed by atoms with Crippen molar-refractivity contribution in [3.8, 4) is 0 Å². The molecule has 0 atom stereocenters. The van der Waals surface area contributed by atoms with E-state index in [4.69, 9.17) is 11.6 Å². The predicted octanol–water partition coefficient (Wildman–Crippen LogP) is 3.84. The quantitative estimate of drug-likeness (QED) is 0.747. The molecule has 0 bridgehead atoms. The molecule has 1 N–H and O–H groups in total. The summed E-state index contributed by atoms with van der Waals surface area (Å²) in [7, 11) is 0. The van der Waals surface area contributed by atoms with Crippen LogP contribution in [-0.2, 0) is 11.2 Å². The Morgan fingerprint density at radius 3 is 2.92 bits per heavy atom. The Morgan fingerprint density at radius 2 is 2.17 bits per heavy atom. The van der Waals surface area contributed by atoms with Crippen LogP contribution in [0.2, 0.25) is 5.02 Å². The lowest BCUT2D eigenvalue weighted by Gasteiger charge is -2.08. The van der Waals surface area contributed by atoms with Gasteiger partial charge in [0.15, 0.2) is 5.82 Å². The third-order valence-corrected chi connectivity index (χ3v) is 5.05. The van der Waals surface area contributed by atoms with E-state index in [0.717, 1.165) is 27.0 Å². The van der Waals surface area contributed by atoms with E-state index in [-0.39, 0.29) is 11.8 Å². The Labute approximate surface area is 148 Å². The Morgan fingerprint density at radius 1 is 1.38 bits per heavy atom. The Bertz CT molecular complexity index is 886. The molecule has 0 spiro atoms. The number of hydrogen-bond acceptors (Lipinski definition) is 5. The first-order valence-electron chi connectivity index (χ1n) is 7.71. The summed E-state index contributed by atoms with van der Waals surface area (Å²) < 4.78 is 1.77. The lowest BCUT2D eigenvalue weighted by atomic mass is 10.2. The molecule has 6 nitrogen and oxygen atoms in total. The Balaban J connectivity index is 1.65. The number of benzene rings is 1. The average molecular weight is 364 g/mol. The maximum absolute atomic E-state index is 12.2. The van der Waals surface area contributed by atoms with E-state index >= 15 is 0 Å². The first-order valence-corrected chi connectivity index (χ1v) is 8.91. The first-order chi connectivity index (χ1) is 11.5. The Kier molecular flexibility index (Phi) is 4.82. The third kappa shape index (κ3) is 3.42. The maximum atomic E-state index is 12.2. The normalized spacial score (nSPS) is 11.4. The summed E-state index contributed by atoms with van der Waals surface area (Å²) in [4.78, 5) is 12.9. The van der Waals surface area contributed by atoms with Crippen LogP contribution in [0, 0.1) is 6.92 Å². The minimum absolute atomic E-state index is 0.0598. The van der Waals surface area contributed by atoms with Crippen molar-refractivity contribution in [3.63, 3.8) is 0 Å². The van der Waals surface area contributed by atoms with Gasteiger partial charge in [-0.2, -0.15) is 9.61 Å². The lowest BCUT2D eigenvalue weighted by Crippen LogP contribution is -2.13. The van der Waals surface area contributed by atoms with Crippen LogP contribution in [0.15, 0.2) is 18.2 Å². The van der Waals surface area contributed by atoms with Gasteiger partial charge in [0.25, 0.3) is 0 Å². The largest absolute Gasteiger partial charge is 0.326 e. The zero-order valence-electron chi connectivity index (χ0n) is 13.7. The van der Waals surface area contributed by atoms with Crippen LogP contribution >= 0.6 is 22.9 Å². The van der Waals surface area contributed by atoms with Crippen molar-refractivity contribution < 1.29 is 4.79 Å². The molecule has 0 saturated carbocycles. The van der Waals surface area contributed by atoms with Gasteiger partial charge in [-0.25, -0.2) is 0 Å². The van der Waals surface area contributed by atoms with Gasteiger partial charge in [-0.05, 0) is 24.6 Å². The average Bonchev–Trinajstić information content (AvgIpc) is 3.09. The molecule has 2 heterocycles. The van der Waals surface area contributed by atoms with E-state index in [0.29, 0.717) is 17.9 Å². The number of anilines is 1. The summed E-state index contributed by atoms with van der Waals surface area (Å²) in [5, 5.41) is 17.2. The molecule has 0 fully saturated rings. The van der Waals surface area contributed by atoms with Crippen LogP contribution in [0.4, 0.5) is 5.69 Å². The summed E-state index contributed by atoms with van der Waals surface area (Å²) >= 11 is 7.53. The number of nitrogens with one attached hydrogen (secondary N) is 1. The standard InChI is InChI=1S/C16H18ClN5OS/c1-9(2)15-19-20-16-22(15)21-14(24-16)8-7-13(23)18-12-6-4-5-11(17)10(12)3/h4-6,9H,7-8H2,1-3H3,(H,18,23). The van der Waals surface area contributed by atoms with Gasteiger partial charge in [0.2, 0.25) is 10.9 Å². The first kappa shape index (κ1) is 16.9. The number of fused-ring (bicyclic) bond motifs is 1. The summed E-state index contributed by atoms with van der Waals surface area (Å²) in [5.74, 6) is 1.03. The zero-order valence-corrected chi connectivity index (χ0v) is 15.3. The van der Waals surface area contributed by atoms with Crippen LogP contribution in [0.5, 0.6) is 0 Å². The molecule has 0 aliphatic heterocycles. The zero-order chi connectivity index (χ0) is 17.3. The highest BCUT2D eigenvalue weighted by Gasteiger charge is 2.15. The smallest absolute Gasteiger partial charge is 0.234 e. The number of rotatable bonds is 5. The molecule has 0 aliphatic carbocycles. The Hall–Kier alpha value is -1.99. The van der Waals surface area contributed by atoms with Gasteiger partial charge in [-0.3, -0.25) is 4.79 Å². The number of nitrogens with zero attached hydrogens (tertiary/aromatic N) is 4. The fourth-order valence-electron chi connectivity index (χ4n) is 2.31. The van der Waals surface area contributed by atoms with Crippen molar-refractivity contribution in [1.82, 2.24) is 19.8 Å². The van der Waals surface area contributed by atoms with Gasteiger partial charge in [0.05, 0.1) is 0 Å². The van der Waals surface area contributed by atoms with Gasteiger partial charge in [0, 0.05) is 29.5 Å². The molecule has 3 rings (SSSR count). The SMILES string of the molecule is Cc1c(Cl)cccc1NC(=O)CCc1nn2c(C(C)C)nnc2s1. The van der Waals surface area contributed by atoms with E-state index in [1.54, 1.807) is 10.6 Å². The van der Waals surface area contributed by atoms with Gasteiger partial charge < -0.3 is 5.32 Å². The summed E-state index contributed by atoms with van der Waals surface area (Å²) in [5.41, 5.74) is 1.61. The van der Waals surface area contributed by atoms with Crippen molar-refractivity contribution in [2.24, 2.45) is 0 Å². The predicted molar refractivity (Wildman–Crippen MR) is 95.9 cm³/mol. The molecule has 1 aromatic carbocycles. The van der Waals surface area contributed by atoms with Crippen LogP contribution in [-0.4, -0.2) is 25.7 Å². The van der Waals surface area contributed by atoms with Gasteiger partial charge >= 0.3 is 0 Å². The summed E-state index contributed by atoms with van der Waals surface area (Å²) in [6, 6.07) is 5.47. The molecule has 0 aliphatic rings. The van der Waals surface area contributed by atoms with Crippen molar-refractivity contribution in [3.05, 3.63) is 39.6 Å². The number of carbonyl (C=O) groups excluding carboxylic acids is 1. The van der Waals surface area contributed by atoms with Crippen LogP contribution < -0.4 is 5.32 Å². The van der Waals surface area contributed by atoms with Gasteiger partial charge in [-0.15, -0.1) is 10.2 Å². The monoisotopic (exact) mass is 363 g/mol. The number of amides is 1. The van der Waals surface area contributed by atoms with E-state index in [1.165, 1.54) is 11.3 Å². The molecule has 126 valence electrons. The highest BCUT2D eigenvalue weighted by atomic mass is 35.5. The molecule has 0 saturated heterocycles. The summed E-state index contributed by atoms with van der Waals surface area (Å²) in [6.07, 6.45) is 0.921. The van der Waals surface area contributed by atoms with Crippen LogP contribution in [0.25, 0.3) is 4.96 Å². The molecular formula is C16H18ClN5OS. The van der Waals surface area contributed by atoms with Gasteiger partial charge in [-0.1, -0.05) is 42.9 Å². The number of aryl methyl sites for hydroxylation is 1. The second kappa shape index (κ2) is 6.86. The van der Waals surface area contributed by atoms with E-state index in [2.05, 4.69) is 34.5 Å². The molecule has 3 aromatic rings. The highest BCUT2D eigenvalue weighted by molar-refractivity contribution is 7.16. The van der Waals surface area contributed by atoms with Crippen LogP contribution in [0.3, 0.4) is 0 Å². The molecule has 0 unspecified atom stereocenters. The molecule has 8 heteroatoms. The minimum atomic E-state index is -0.0598. The minimum Gasteiger partial charge on any atom is -0.326 e. The number of hydrogen-bond donors (Lipinski definition) is 1. The third-order valence-electron chi connectivity index (χ3n) is 3.68. The number of carbonyl (C=O) groups is 1. The number of aromatic nitrogens is 4. The van der Waals surface area contributed by atoms with E-state index in [9.17, 15) is 4.79 Å². The van der Waals surface area contributed by atoms with E-state index < -0.39 is 0 Å². The number of halogens is 1. The molecule has 2 aromatic heterocycles. The maximum Gasteiger partial charge on any atom is 0.234 e. The topological polar surface area (TPSA) is 72.2 Å². The van der Waals surface area contributed by atoms with Gasteiger partial charge in [0.1, 0.15) is 5.01 Å². The van der Waals surface area contributed by atoms with Crippen LogP contribution in [0.1, 0.15) is 42.6 Å². The fourth-order valence-corrected chi connectivity index (χ4v) is 3.32. The molecular weight excluding hydrogens is 346 g/mol. The second-order valence-corrected chi connectivity index (χ2v) is 7.31.